The molecular formula is C21H15FN2O. The molecule has 1 amide bonds. The van der Waals surface area contributed by atoms with E-state index >= 15 is 0 Å². The van der Waals surface area contributed by atoms with E-state index < -0.39 is 0 Å². The Labute approximate surface area is 145 Å². The Morgan fingerprint density at radius 1 is 0.920 bits per heavy atom. The second-order valence-electron chi connectivity index (χ2n) is 5.51. The molecule has 4 heteroatoms. The molecule has 0 bridgehead atoms. The summed E-state index contributed by atoms with van der Waals surface area (Å²) >= 11 is 0. The van der Waals surface area contributed by atoms with E-state index in [0.29, 0.717) is 23.2 Å². The maximum atomic E-state index is 12.9. The van der Waals surface area contributed by atoms with Crippen molar-refractivity contribution < 1.29 is 9.18 Å². The lowest BCUT2D eigenvalue weighted by molar-refractivity contribution is 0.0951. The number of rotatable bonds is 4. The van der Waals surface area contributed by atoms with Crippen molar-refractivity contribution in [1.82, 2.24) is 5.32 Å². The minimum absolute atomic E-state index is 0.243. The van der Waals surface area contributed by atoms with E-state index in [1.54, 1.807) is 36.4 Å². The van der Waals surface area contributed by atoms with Crippen LogP contribution in [0.2, 0.25) is 0 Å². The molecule has 0 saturated heterocycles. The highest BCUT2D eigenvalue weighted by molar-refractivity contribution is 6.01. The van der Waals surface area contributed by atoms with Gasteiger partial charge in [0.1, 0.15) is 5.82 Å². The quantitative estimate of drug-likeness (QED) is 0.775. The third kappa shape index (κ3) is 3.73. The topological polar surface area (TPSA) is 52.9 Å². The second-order valence-corrected chi connectivity index (χ2v) is 5.51. The first kappa shape index (κ1) is 16.4. The van der Waals surface area contributed by atoms with Gasteiger partial charge in [0.25, 0.3) is 5.91 Å². The summed E-state index contributed by atoms with van der Waals surface area (Å²) in [7, 11) is 0. The molecule has 0 aliphatic heterocycles. The van der Waals surface area contributed by atoms with Gasteiger partial charge in [0.05, 0.1) is 11.6 Å². The van der Waals surface area contributed by atoms with Crippen LogP contribution in [0.1, 0.15) is 21.5 Å². The highest BCUT2D eigenvalue weighted by atomic mass is 19.1. The van der Waals surface area contributed by atoms with E-state index in [1.807, 2.05) is 24.3 Å². The van der Waals surface area contributed by atoms with Gasteiger partial charge in [0, 0.05) is 17.7 Å². The van der Waals surface area contributed by atoms with E-state index in [4.69, 9.17) is 0 Å². The zero-order valence-electron chi connectivity index (χ0n) is 13.4. The summed E-state index contributed by atoms with van der Waals surface area (Å²) < 4.78 is 12.9. The van der Waals surface area contributed by atoms with Gasteiger partial charge < -0.3 is 5.32 Å². The molecule has 1 N–H and O–H groups in total. The first-order chi connectivity index (χ1) is 12.2. The van der Waals surface area contributed by atoms with Gasteiger partial charge in [-0.15, -0.1) is 0 Å². The van der Waals surface area contributed by atoms with Crippen molar-refractivity contribution in [3.63, 3.8) is 0 Å². The predicted octanol–water partition coefficient (Wildman–Crippen LogP) is 4.29. The summed E-state index contributed by atoms with van der Waals surface area (Å²) in [6.45, 7) is 0.299. The van der Waals surface area contributed by atoms with Crippen LogP contribution < -0.4 is 5.32 Å². The fraction of sp³-hybridized carbons (Fsp3) is 0.0476. The lowest BCUT2D eigenvalue weighted by Crippen LogP contribution is -2.23. The zero-order chi connectivity index (χ0) is 17.6. The van der Waals surface area contributed by atoms with Crippen LogP contribution in [-0.2, 0) is 6.54 Å². The molecule has 3 nitrogen and oxygen atoms in total. The van der Waals surface area contributed by atoms with E-state index in [2.05, 4.69) is 11.4 Å². The largest absolute Gasteiger partial charge is 0.348 e. The van der Waals surface area contributed by atoms with E-state index in [-0.39, 0.29) is 11.7 Å². The Hall–Kier alpha value is -3.45. The molecule has 3 rings (SSSR count). The summed E-state index contributed by atoms with van der Waals surface area (Å²) in [6.07, 6.45) is 0. The van der Waals surface area contributed by atoms with Crippen LogP contribution in [0.25, 0.3) is 11.1 Å². The first-order valence-corrected chi connectivity index (χ1v) is 7.80. The number of nitrogens with one attached hydrogen (secondary N) is 1. The molecule has 3 aromatic carbocycles. The molecule has 0 aliphatic rings. The van der Waals surface area contributed by atoms with Gasteiger partial charge >= 0.3 is 0 Å². The molecule has 0 unspecified atom stereocenters. The molecule has 0 saturated carbocycles. The molecule has 122 valence electrons. The molecule has 3 aromatic rings. The van der Waals surface area contributed by atoms with Gasteiger partial charge in [-0.25, -0.2) is 4.39 Å². The first-order valence-electron chi connectivity index (χ1n) is 7.80. The van der Waals surface area contributed by atoms with Crippen LogP contribution in [0.15, 0.2) is 72.8 Å². The Bertz CT molecular complexity index is 943. The third-order valence-corrected chi connectivity index (χ3v) is 3.88. The number of hydrogen-bond donors (Lipinski definition) is 1. The smallest absolute Gasteiger partial charge is 0.252 e. The van der Waals surface area contributed by atoms with Crippen molar-refractivity contribution in [2.45, 2.75) is 6.54 Å². The molecule has 0 fully saturated rings. The third-order valence-electron chi connectivity index (χ3n) is 3.88. The fourth-order valence-electron chi connectivity index (χ4n) is 2.61. The van der Waals surface area contributed by atoms with Gasteiger partial charge in [-0.1, -0.05) is 48.5 Å². The maximum Gasteiger partial charge on any atom is 0.252 e. The number of carbonyl (C=O) groups excluding carboxylic acids is 1. The Morgan fingerprint density at radius 3 is 2.28 bits per heavy atom. The van der Waals surface area contributed by atoms with Gasteiger partial charge in [-0.2, -0.15) is 5.26 Å². The summed E-state index contributed by atoms with van der Waals surface area (Å²) in [5.41, 5.74) is 3.24. The molecule has 0 spiro atoms. The SMILES string of the molecule is N#Cc1ccccc1-c1ccccc1C(=O)NCc1ccc(F)cc1. The van der Waals surface area contributed by atoms with Gasteiger partial charge in [0.2, 0.25) is 0 Å². The molecular weight excluding hydrogens is 315 g/mol. The standard InChI is InChI=1S/C21H15FN2O/c22-17-11-9-15(10-12-17)14-24-21(25)20-8-4-3-7-19(20)18-6-2-1-5-16(18)13-23/h1-12H,14H2,(H,24,25). The monoisotopic (exact) mass is 330 g/mol. The molecule has 0 aliphatic carbocycles. The Kier molecular flexibility index (Phi) is 4.87. The molecule has 0 radical (unpaired) electrons. The molecule has 0 atom stereocenters. The minimum atomic E-state index is -0.312. The number of nitrogens with zero attached hydrogens (tertiary/aromatic N) is 1. The van der Waals surface area contributed by atoms with E-state index in [9.17, 15) is 14.4 Å². The summed E-state index contributed by atoms with van der Waals surface area (Å²) in [6, 6.07) is 22.5. The number of benzene rings is 3. The van der Waals surface area contributed by atoms with E-state index in [1.165, 1.54) is 12.1 Å². The summed E-state index contributed by atoms with van der Waals surface area (Å²) in [5.74, 6) is -0.554. The van der Waals surface area contributed by atoms with Crippen LogP contribution in [0.3, 0.4) is 0 Å². The number of halogens is 1. The zero-order valence-corrected chi connectivity index (χ0v) is 13.4. The maximum absolute atomic E-state index is 12.9. The van der Waals surface area contributed by atoms with Crippen LogP contribution in [0, 0.1) is 17.1 Å². The molecule has 25 heavy (non-hydrogen) atoms. The lowest BCUT2D eigenvalue weighted by Gasteiger charge is -2.11. The van der Waals surface area contributed by atoms with Gasteiger partial charge in [-0.3, -0.25) is 4.79 Å². The second kappa shape index (κ2) is 7.41. The number of hydrogen-bond acceptors (Lipinski definition) is 2. The Morgan fingerprint density at radius 2 is 1.56 bits per heavy atom. The van der Waals surface area contributed by atoms with Crippen molar-refractivity contribution in [3.8, 4) is 17.2 Å². The van der Waals surface area contributed by atoms with Crippen LogP contribution in [-0.4, -0.2) is 5.91 Å². The number of nitriles is 1. The van der Waals surface area contributed by atoms with Crippen molar-refractivity contribution in [3.05, 3.63) is 95.3 Å². The van der Waals surface area contributed by atoms with Crippen molar-refractivity contribution >= 4 is 5.91 Å². The number of carbonyl (C=O) groups is 1. The van der Waals surface area contributed by atoms with Crippen molar-refractivity contribution in [2.75, 3.05) is 0 Å². The predicted molar refractivity (Wildman–Crippen MR) is 94.2 cm³/mol. The average molecular weight is 330 g/mol. The van der Waals surface area contributed by atoms with Crippen molar-refractivity contribution in [1.29, 1.82) is 5.26 Å². The highest BCUT2D eigenvalue weighted by Gasteiger charge is 2.14. The average Bonchev–Trinajstić information content (AvgIpc) is 2.67. The van der Waals surface area contributed by atoms with E-state index in [0.717, 1.165) is 11.1 Å². The molecule has 0 heterocycles. The normalized spacial score (nSPS) is 10.1. The van der Waals surface area contributed by atoms with Gasteiger partial charge in [0.15, 0.2) is 0 Å². The summed E-state index contributed by atoms with van der Waals surface area (Å²) in [5, 5.41) is 12.1. The Balaban J connectivity index is 1.86. The summed E-state index contributed by atoms with van der Waals surface area (Å²) in [4.78, 5) is 12.6. The fourth-order valence-corrected chi connectivity index (χ4v) is 2.61. The van der Waals surface area contributed by atoms with Crippen LogP contribution >= 0.6 is 0 Å². The van der Waals surface area contributed by atoms with Crippen LogP contribution in [0.4, 0.5) is 4.39 Å². The van der Waals surface area contributed by atoms with Crippen molar-refractivity contribution in [2.24, 2.45) is 0 Å². The van der Waals surface area contributed by atoms with Crippen LogP contribution in [0.5, 0.6) is 0 Å². The lowest BCUT2D eigenvalue weighted by atomic mass is 9.95. The van der Waals surface area contributed by atoms with Gasteiger partial charge in [-0.05, 0) is 35.4 Å². The highest BCUT2D eigenvalue weighted by Crippen LogP contribution is 2.26. The number of amides is 1. The minimum Gasteiger partial charge on any atom is -0.348 e. The molecule has 0 aromatic heterocycles.